The fourth-order valence-electron chi connectivity index (χ4n) is 7.53. The number of piperidine rings is 2. The van der Waals surface area contributed by atoms with Crippen molar-refractivity contribution in [3.63, 3.8) is 0 Å². The van der Waals surface area contributed by atoms with E-state index >= 15 is 0 Å². The van der Waals surface area contributed by atoms with Crippen LogP contribution < -0.4 is 10.6 Å². The Kier molecular flexibility index (Phi) is 19.9. The van der Waals surface area contributed by atoms with Crippen molar-refractivity contribution in [2.45, 2.75) is 98.1 Å². The summed E-state index contributed by atoms with van der Waals surface area (Å²) in [6.45, 7) is 18.7. The molecule has 8 rings (SSSR count). The molecule has 1 amide bonds. The lowest BCUT2D eigenvalue weighted by Crippen LogP contribution is -2.38. The van der Waals surface area contributed by atoms with Gasteiger partial charge < -0.3 is 20.4 Å². The van der Waals surface area contributed by atoms with Crippen LogP contribution in [0.3, 0.4) is 0 Å². The molecule has 0 aliphatic carbocycles. The van der Waals surface area contributed by atoms with Crippen molar-refractivity contribution in [2.75, 3.05) is 56.7 Å². The van der Waals surface area contributed by atoms with E-state index in [-0.39, 0.29) is 11.8 Å². The molecule has 8 heterocycles. The van der Waals surface area contributed by atoms with Gasteiger partial charge in [0, 0.05) is 120 Å². The van der Waals surface area contributed by atoms with Crippen LogP contribution in [0.25, 0.3) is 11.3 Å². The molecule has 2 N–H and O–H groups in total. The number of nitrogens with zero attached hydrogens (tertiary/aromatic N) is 11. The largest absolute Gasteiger partial charge is 0.379 e. The minimum absolute atomic E-state index is 0.0502. The first-order chi connectivity index (χ1) is 31.7. The maximum Gasteiger partial charge on any atom is 0.219 e. The van der Waals surface area contributed by atoms with E-state index in [4.69, 9.17) is 9.97 Å². The van der Waals surface area contributed by atoms with Crippen LogP contribution in [0.1, 0.15) is 107 Å². The number of unbranched alkanes of at least 4 members (excludes halogenated alkanes) is 1. The zero-order valence-corrected chi connectivity index (χ0v) is 43.3. The van der Waals surface area contributed by atoms with E-state index in [2.05, 4.69) is 94.2 Å². The van der Waals surface area contributed by atoms with Gasteiger partial charge in [-0.25, -0.2) is 22.7 Å². The molecular formula is C47H65Br2N13O3S. The third-order valence-electron chi connectivity index (χ3n) is 11.4. The lowest BCUT2D eigenvalue weighted by Gasteiger charge is -2.31. The van der Waals surface area contributed by atoms with E-state index in [1.54, 1.807) is 40.5 Å². The van der Waals surface area contributed by atoms with Gasteiger partial charge >= 0.3 is 0 Å². The van der Waals surface area contributed by atoms with E-state index in [1.165, 1.54) is 19.1 Å². The molecule has 1 unspecified atom stereocenters. The zero-order chi connectivity index (χ0) is 47.8. The molecule has 2 saturated heterocycles. The molecule has 1 atom stereocenters. The number of anilines is 2. The molecule has 6 aromatic heterocycles. The van der Waals surface area contributed by atoms with Crippen LogP contribution in [0.5, 0.6) is 0 Å². The first-order valence-electron chi connectivity index (χ1n) is 22.6. The van der Waals surface area contributed by atoms with Gasteiger partial charge in [-0.2, -0.15) is 19.2 Å². The molecule has 0 bridgehead atoms. The number of rotatable bonds is 13. The molecule has 0 aromatic carbocycles. The molecule has 16 nitrogen and oxygen atoms in total. The summed E-state index contributed by atoms with van der Waals surface area (Å²) in [7, 11) is -1.13. The maximum atomic E-state index is 12.0. The number of sulfonamides is 1. The highest BCUT2D eigenvalue weighted by atomic mass is 79.9. The normalized spacial score (nSPS) is 15.4. The lowest BCUT2D eigenvalue weighted by atomic mass is 9.93. The fourth-order valence-corrected chi connectivity index (χ4v) is 9.14. The number of pyridine rings is 2. The Morgan fingerprint density at radius 2 is 1.33 bits per heavy atom. The van der Waals surface area contributed by atoms with E-state index in [0.29, 0.717) is 37.7 Å². The van der Waals surface area contributed by atoms with Crippen LogP contribution >= 0.6 is 31.9 Å². The number of hydrogen-bond acceptors (Lipinski definition) is 12. The number of carbonyl (C=O) groups excluding carboxylic acids is 1. The van der Waals surface area contributed by atoms with E-state index in [0.717, 1.165) is 99.8 Å². The third-order valence-corrected chi connectivity index (χ3v) is 13.8. The smallest absolute Gasteiger partial charge is 0.219 e. The van der Waals surface area contributed by atoms with Crippen molar-refractivity contribution in [1.29, 1.82) is 0 Å². The van der Waals surface area contributed by atoms with Crippen molar-refractivity contribution < 1.29 is 13.2 Å². The molecule has 0 radical (unpaired) electrons. The molecule has 2 fully saturated rings. The molecule has 0 saturated carbocycles. The minimum Gasteiger partial charge on any atom is -0.379 e. The average Bonchev–Trinajstić information content (AvgIpc) is 3.91. The SMILES string of the molecule is C=C(C)N(C)CCCC.CC.CC(=O)N1CCC(c2cc(NCc3cccnc3)n3ncc(Br)c3n2)CC1.CS(=O)(=O)N1CCCC(c2cc(NCc3cccnc3)n3ncc(Br)c3n2)C1. The number of carbonyl (C=O) groups is 1. The number of amides is 1. The summed E-state index contributed by atoms with van der Waals surface area (Å²) in [5.41, 5.74) is 6.74. The van der Waals surface area contributed by atoms with Crippen LogP contribution in [-0.2, 0) is 27.9 Å². The van der Waals surface area contributed by atoms with Gasteiger partial charge in [-0.15, -0.1) is 0 Å². The second kappa shape index (κ2) is 25.2. The summed E-state index contributed by atoms with van der Waals surface area (Å²) >= 11 is 7.06. The van der Waals surface area contributed by atoms with Crippen LogP contribution in [0, 0.1) is 0 Å². The first-order valence-corrected chi connectivity index (χ1v) is 26.1. The van der Waals surface area contributed by atoms with Crippen LogP contribution in [0.2, 0.25) is 0 Å². The second-order valence-electron chi connectivity index (χ2n) is 16.3. The average molecular weight is 1050 g/mol. The Bertz CT molecular complexity index is 2590. The van der Waals surface area contributed by atoms with Gasteiger partial charge in [0.2, 0.25) is 15.9 Å². The summed E-state index contributed by atoms with van der Waals surface area (Å²) in [6.07, 6.45) is 18.0. The van der Waals surface area contributed by atoms with Gasteiger partial charge in [0.25, 0.3) is 0 Å². The van der Waals surface area contributed by atoms with Crippen molar-refractivity contribution in [3.05, 3.63) is 117 Å². The van der Waals surface area contributed by atoms with Gasteiger partial charge in [-0.1, -0.05) is 45.9 Å². The number of aromatic nitrogens is 8. The molecule has 2 aliphatic heterocycles. The standard InChI is InChI=1S/C19H21BrN6O.C18H21BrN6O2S.C8H17N.C2H6/c1-13(27)25-7-4-15(5-8-25)17-9-18(22-11-14-3-2-6-21-10-14)26-19(24-17)16(20)12-23-26;1-28(26,27)24-7-3-5-14(12-24)16-8-17(21-10-13-4-2-6-20-9-13)25-18(23-16)15(19)11-22-25;1-5-6-7-9(4)8(2)3;1-2/h2-3,6,9-10,12,15,22H,4-5,7-8,11H2,1H3;2,4,6,8-9,11,14,21H,3,5,7,10,12H2,1H3;2,5-7H2,1,3-4H3;1-2H3. The first kappa shape index (κ1) is 52.0. The van der Waals surface area contributed by atoms with Crippen LogP contribution in [-0.4, -0.2) is 114 Å². The highest BCUT2D eigenvalue weighted by molar-refractivity contribution is 9.11. The highest BCUT2D eigenvalue weighted by Crippen LogP contribution is 2.32. The monoisotopic (exact) mass is 1050 g/mol. The summed E-state index contributed by atoms with van der Waals surface area (Å²) in [5.74, 6) is 2.25. The summed E-state index contributed by atoms with van der Waals surface area (Å²) < 4.78 is 30.7. The predicted molar refractivity (Wildman–Crippen MR) is 271 cm³/mol. The number of likely N-dealkylation sites (tertiary alicyclic amines) is 1. The van der Waals surface area contributed by atoms with Gasteiger partial charge in [0.15, 0.2) is 11.3 Å². The quantitative estimate of drug-likeness (QED) is 0.113. The van der Waals surface area contributed by atoms with Crippen LogP contribution in [0.4, 0.5) is 11.6 Å². The Balaban J connectivity index is 0.000000203. The molecule has 356 valence electrons. The molecular weight excluding hydrogens is 986 g/mol. The molecule has 66 heavy (non-hydrogen) atoms. The highest BCUT2D eigenvalue weighted by Gasteiger charge is 2.29. The topological polar surface area (TPSA) is 171 Å². The Morgan fingerprint density at radius 1 is 0.818 bits per heavy atom. The zero-order valence-electron chi connectivity index (χ0n) is 39.3. The maximum absolute atomic E-state index is 12.0. The summed E-state index contributed by atoms with van der Waals surface area (Å²) in [4.78, 5) is 33.6. The van der Waals surface area contributed by atoms with Crippen molar-refractivity contribution in [3.8, 4) is 0 Å². The molecule has 19 heteroatoms. The minimum atomic E-state index is -3.21. The van der Waals surface area contributed by atoms with Gasteiger partial charge in [0.05, 0.1) is 33.3 Å². The van der Waals surface area contributed by atoms with Gasteiger partial charge in [0.1, 0.15) is 11.6 Å². The Morgan fingerprint density at radius 3 is 1.77 bits per heavy atom. The van der Waals surface area contributed by atoms with Crippen molar-refractivity contribution in [2.24, 2.45) is 0 Å². The van der Waals surface area contributed by atoms with Crippen LogP contribution in [0.15, 0.2) is 94.8 Å². The molecule has 2 aliphatic rings. The summed E-state index contributed by atoms with van der Waals surface area (Å²) in [6, 6.07) is 11.9. The van der Waals surface area contributed by atoms with E-state index in [9.17, 15) is 13.2 Å². The molecule has 6 aromatic rings. The second-order valence-corrected chi connectivity index (χ2v) is 20.0. The fraction of sp³-hybridized carbons (Fsp3) is 0.468. The Hall–Kier alpha value is -4.98. The van der Waals surface area contributed by atoms with Gasteiger partial charge in [-0.05, 0) is 94.1 Å². The Labute approximate surface area is 407 Å². The number of hydrogen-bond donors (Lipinski definition) is 2. The predicted octanol–water partition coefficient (Wildman–Crippen LogP) is 9.14. The van der Waals surface area contributed by atoms with Crippen molar-refractivity contribution >= 4 is 70.7 Å². The van der Waals surface area contributed by atoms with E-state index < -0.39 is 10.0 Å². The number of nitrogens with one attached hydrogen (secondary N) is 2. The number of allylic oxidation sites excluding steroid dienone is 1. The number of fused-ring (bicyclic) bond motifs is 2. The third kappa shape index (κ3) is 14.5. The van der Waals surface area contributed by atoms with E-state index in [1.807, 2.05) is 72.9 Å². The lowest BCUT2D eigenvalue weighted by molar-refractivity contribution is -0.129. The van der Waals surface area contributed by atoms with Gasteiger partial charge in [-0.3, -0.25) is 14.8 Å². The van der Waals surface area contributed by atoms with Crippen molar-refractivity contribution in [1.82, 2.24) is 53.3 Å². The summed E-state index contributed by atoms with van der Waals surface area (Å²) in [5, 5.41) is 15.7. The molecule has 0 spiro atoms. The number of halogens is 2.